The van der Waals surface area contributed by atoms with E-state index in [0.717, 1.165) is 38.5 Å². The van der Waals surface area contributed by atoms with Gasteiger partial charge in [-0.15, -0.1) is 0 Å². The van der Waals surface area contributed by atoms with E-state index in [1.54, 1.807) is 0 Å². The molecule has 6 heteroatoms. The minimum absolute atomic E-state index is 0.00608. The summed E-state index contributed by atoms with van der Waals surface area (Å²) in [5, 5.41) is 23.2. The third-order valence-electron chi connectivity index (χ3n) is 12.9. The number of nitrogens with one attached hydrogen (secondary N) is 1. The highest BCUT2D eigenvalue weighted by Crippen LogP contribution is 2.17. The fourth-order valence-corrected chi connectivity index (χ4v) is 8.70. The Labute approximate surface area is 375 Å². The summed E-state index contributed by atoms with van der Waals surface area (Å²) >= 11 is 0. The first kappa shape index (κ1) is 58.9. The lowest BCUT2D eigenvalue weighted by Gasteiger charge is -2.22. The number of carbonyl (C=O) groups excluding carboxylic acids is 2. The Morgan fingerprint density at radius 2 is 0.683 bits per heavy atom. The van der Waals surface area contributed by atoms with E-state index in [4.69, 9.17) is 4.74 Å². The number of aliphatic hydroxyl groups excluding tert-OH is 2. The van der Waals surface area contributed by atoms with Gasteiger partial charge in [0.25, 0.3) is 0 Å². The molecule has 3 N–H and O–H groups in total. The number of carbonyl (C=O) groups is 2. The molecule has 0 aromatic rings. The number of amides is 1. The van der Waals surface area contributed by atoms with Gasteiger partial charge in [-0.1, -0.05) is 271 Å². The summed E-state index contributed by atoms with van der Waals surface area (Å²) in [6, 6.07) is -0.544. The fourth-order valence-electron chi connectivity index (χ4n) is 8.70. The van der Waals surface area contributed by atoms with Crippen molar-refractivity contribution in [2.75, 3.05) is 13.2 Å². The molecule has 0 saturated carbocycles. The molecule has 358 valence electrons. The van der Waals surface area contributed by atoms with Crippen LogP contribution in [0.1, 0.15) is 309 Å². The van der Waals surface area contributed by atoms with Gasteiger partial charge in [0.05, 0.1) is 25.4 Å². The Hall–Kier alpha value is -1.14. The molecule has 0 heterocycles. The number of rotatable bonds is 51. The highest BCUT2D eigenvalue weighted by molar-refractivity contribution is 5.76. The molecular weight excluding hydrogens is 743 g/mol. The molecule has 0 aliphatic heterocycles. The van der Waals surface area contributed by atoms with E-state index in [1.165, 1.54) is 238 Å². The van der Waals surface area contributed by atoms with Crippen molar-refractivity contribution in [1.29, 1.82) is 0 Å². The van der Waals surface area contributed by atoms with Crippen LogP contribution in [0.5, 0.6) is 0 Å². The number of esters is 1. The molecule has 0 aromatic carbocycles. The zero-order valence-corrected chi connectivity index (χ0v) is 40.7. The van der Waals surface area contributed by atoms with E-state index in [0.29, 0.717) is 25.9 Å². The van der Waals surface area contributed by atoms with Crippen LogP contribution in [-0.4, -0.2) is 47.4 Å². The van der Waals surface area contributed by atoms with E-state index in [2.05, 4.69) is 19.2 Å². The molecule has 2 unspecified atom stereocenters. The van der Waals surface area contributed by atoms with Crippen molar-refractivity contribution < 1.29 is 24.5 Å². The van der Waals surface area contributed by atoms with Crippen LogP contribution < -0.4 is 5.32 Å². The molecule has 60 heavy (non-hydrogen) atoms. The van der Waals surface area contributed by atoms with Crippen molar-refractivity contribution >= 4 is 11.9 Å². The molecule has 0 aliphatic carbocycles. The van der Waals surface area contributed by atoms with Gasteiger partial charge in [0.15, 0.2) is 0 Å². The summed E-state index contributed by atoms with van der Waals surface area (Å²) in [4.78, 5) is 24.5. The number of hydrogen-bond acceptors (Lipinski definition) is 5. The van der Waals surface area contributed by atoms with Crippen molar-refractivity contribution in [2.24, 2.45) is 0 Å². The fraction of sp³-hybridized carbons (Fsp3) is 0.963. The van der Waals surface area contributed by atoms with Crippen LogP contribution in [0.15, 0.2) is 0 Å². The van der Waals surface area contributed by atoms with Crippen molar-refractivity contribution in [1.82, 2.24) is 5.32 Å². The van der Waals surface area contributed by atoms with Gasteiger partial charge in [0.2, 0.25) is 5.91 Å². The lowest BCUT2D eigenvalue weighted by Crippen LogP contribution is -2.45. The molecule has 0 aliphatic rings. The molecule has 0 bridgehead atoms. The molecule has 0 rings (SSSR count). The van der Waals surface area contributed by atoms with Crippen LogP contribution in [-0.2, 0) is 14.3 Å². The first-order chi connectivity index (χ1) is 29.5. The summed E-state index contributed by atoms with van der Waals surface area (Å²) in [6.07, 6.45) is 56.5. The van der Waals surface area contributed by atoms with E-state index in [1.807, 2.05) is 0 Å². The first-order valence-corrected chi connectivity index (χ1v) is 27.3. The van der Waals surface area contributed by atoms with Gasteiger partial charge in [0, 0.05) is 12.8 Å². The molecule has 6 nitrogen and oxygen atoms in total. The quantitative estimate of drug-likeness (QED) is 0.0418. The monoisotopic (exact) mass is 850 g/mol. The lowest BCUT2D eigenvalue weighted by molar-refractivity contribution is -0.143. The first-order valence-electron chi connectivity index (χ1n) is 27.3. The molecular formula is C54H107NO5. The molecule has 1 amide bonds. The number of unbranched alkanes of at least 4 members (excludes halogenated alkanes) is 40. The molecule has 2 atom stereocenters. The van der Waals surface area contributed by atoms with Gasteiger partial charge in [-0.3, -0.25) is 9.59 Å². The second-order valence-corrected chi connectivity index (χ2v) is 18.9. The van der Waals surface area contributed by atoms with Crippen molar-refractivity contribution in [2.45, 2.75) is 321 Å². The van der Waals surface area contributed by atoms with Crippen LogP contribution in [0.3, 0.4) is 0 Å². The normalized spacial score (nSPS) is 12.5. The second kappa shape index (κ2) is 50.5. The standard InChI is InChI=1S/C54H107NO5/c1-3-5-7-9-11-13-15-17-24-28-32-36-40-44-48-54(59)60-49-45-41-37-33-29-25-21-19-18-20-23-27-31-35-39-43-47-53(58)55-51(50-56)52(57)46-42-38-34-30-26-22-16-14-12-10-8-6-4-2/h51-52,56-57H,3-50H2,1-2H3,(H,55,58). The predicted octanol–water partition coefficient (Wildman–Crippen LogP) is 16.4. The van der Waals surface area contributed by atoms with Gasteiger partial charge >= 0.3 is 5.97 Å². The van der Waals surface area contributed by atoms with E-state index in [-0.39, 0.29) is 18.5 Å². The van der Waals surface area contributed by atoms with Crippen LogP contribution in [0.4, 0.5) is 0 Å². The van der Waals surface area contributed by atoms with Gasteiger partial charge in [0.1, 0.15) is 0 Å². The predicted molar refractivity (Wildman–Crippen MR) is 260 cm³/mol. The Morgan fingerprint density at radius 1 is 0.400 bits per heavy atom. The van der Waals surface area contributed by atoms with Crippen LogP contribution in [0.2, 0.25) is 0 Å². The van der Waals surface area contributed by atoms with E-state index >= 15 is 0 Å². The zero-order valence-electron chi connectivity index (χ0n) is 40.7. The molecule has 0 fully saturated rings. The average Bonchev–Trinajstić information content (AvgIpc) is 3.25. The maximum atomic E-state index is 12.4. The molecule has 0 aromatic heterocycles. The summed E-state index contributed by atoms with van der Waals surface area (Å²) in [5.74, 6) is -0.0341. The lowest BCUT2D eigenvalue weighted by atomic mass is 10.0. The Morgan fingerprint density at radius 3 is 1.02 bits per heavy atom. The number of hydrogen-bond donors (Lipinski definition) is 3. The van der Waals surface area contributed by atoms with E-state index in [9.17, 15) is 19.8 Å². The Bertz CT molecular complexity index is 852. The number of aliphatic hydroxyl groups is 2. The van der Waals surface area contributed by atoms with E-state index < -0.39 is 12.1 Å². The van der Waals surface area contributed by atoms with Gasteiger partial charge in [-0.2, -0.15) is 0 Å². The van der Waals surface area contributed by atoms with Gasteiger partial charge < -0.3 is 20.3 Å². The summed E-state index contributed by atoms with van der Waals surface area (Å²) in [7, 11) is 0. The SMILES string of the molecule is CCCCCCCCCCCCCCCCC(=O)OCCCCCCCCCCCCCCCCCCC(=O)NC(CO)C(O)CCCCCCCCCCCCCCC. The third-order valence-corrected chi connectivity index (χ3v) is 12.9. The minimum Gasteiger partial charge on any atom is -0.466 e. The van der Waals surface area contributed by atoms with Crippen molar-refractivity contribution in [3.63, 3.8) is 0 Å². The minimum atomic E-state index is -0.666. The molecule has 0 radical (unpaired) electrons. The molecule has 0 saturated heterocycles. The number of ether oxygens (including phenoxy) is 1. The van der Waals surface area contributed by atoms with Crippen molar-refractivity contribution in [3.05, 3.63) is 0 Å². The van der Waals surface area contributed by atoms with Crippen molar-refractivity contribution in [3.8, 4) is 0 Å². The van der Waals surface area contributed by atoms with Crippen LogP contribution in [0.25, 0.3) is 0 Å². The highest BCUT2D eigenvalue weighted by atomic mass is 16.5. The Kier molecular flexibility index (Phi) is 49.5. The maximum Gasteiger partial charge on any atom is 0.305 e. The second-order valence-electron chi connectivity index (χ2n) is 18.9. The Balaban J connectivity index is 3.40. The van der Waals surface area contributed by atoms with Crippen LogP contribution >= 0.6 is 0 Å². The van der Waals surface area contributed by atoms with Gasteiger partial charge in [-0.25, -0.2) is 0 Å². The zero-order chi connectivity index (χ0) is 43.7. The van der Waals surface area contributed by atoms with Crippen LogP contribution in [0, 0.1) is 0 Å². The third kappa shape index (κ3) is 46.4. The topological polar surface area (TPSA) is 95.9 Å². The molecule has 0 spiro atoms. The van der Waals surface area contributed by atoms with Gasteiger partial charge in [-0.05, 0) is 25.7 Å². The maximum absolute atomic E-state index is 12.4. The summed E-state index contributed by atoms with van der Waals surface area (Å²) in [5.41, 5.74) is 0. The highest BCUT2D eigenvalue weighted by Gasteiger charge is 2.20. The largest absolute Gasteiger partial charge is 0.466 e. The average molecular weight is 850 g/mol. The summed E-state index contributed by atoms with van der Waals surface area (Å²) in [6.45, 7) is 4.95. The summed E-state index contributed by atoms with van der Waals surface area (Å²) < 4.78 is 5.47. The smallest absolute Gasteiger partial charge is 0.305 e.